The standard InChI is InChI=1S/C12H18Cl2N4S/c1-19-10-5-3-2-4-9(10)16-11-7(13)6-8(14)12(17-11)18-15/h6,9-10H,2-5,15H2,1H3,(H2,16,17,18). The van der Waals surface area contributed by atoms with Gasteiger partial charge in [0.1, 0.15) is 5.82 Å². The molecular weight excluding hydrogens is 303 g/mol. The predicted molar refractivity (Wildman–Crippen MR) is 85.2 cm³/mol. The van der Waals surface area contributed by atoms with Gasteiger partial charge in [0, 0.05) is 11.3 Å². The molecule has 0 radical (unpaired) electrons. The Labute approximate surface area is 127 Å². The molecule has 0 bridgehead atoms. The first-order chi connectivity index (χ1) is 9.15. The van der Waals surface area contributed by atoms with Gasteiger partial charge in [-0.25, -0.2) is 10.8 Å². The van der Waals surface area contributed by atoms with Crippen molar-refractivity contribution in [2.75, 3.05) is 17.0 Å². The Bertz CT molecular complexity index is 444. The molecule has 1 aromatic heterocycles. The molecular formula is C12H18Cl2N4S. The summed E-state index contributed by atoms with van der Waals surface area (Å²) in [5, 5.41) is 4.97. The first-order valence-corrected chi connectivity index (χ1v) is 8.32. The Morgan fingerprint density at radius 2 is 1.95 bits per heavy atom. The summed E-state index contributed by atoms with van der Waals surface area (Å²) in [6.45, 7) is 0. The Kier molecular flexibility index (Phi) is 5.45. The van der Waals surface area contributed by atoms with E-state index in [0.29, 0.717) is 33.0 Å². The lowest BCUT2D eigenvalue weighted by molar-refractivity contribution is 0.474. The molecule has 2 unspecified atom stereocenters. The number of nitrogens with one attached hydrogen (secondary N) is 2. The van der Waals surface area contributed by atoms with Crippen LogP contribution in [0.2, 0.25) is 10.0 Å². The summed E-state index contributed by atoms with van der Waals surface area (Å²) < 4.78 is 0. The highest BCUT2D eigenvalue weighted by Gasteiger charge is 2.25. The van der Waals surface area contributed by atoms with Crippen molar-refractivity contribution in [3.8, 4) is 0 Å². The van der Waals surface area contributed by atoms with E-state index in [0.717, 1.165) is 6.42 Å². The molecule has 0 aliphatic heterocycles. The number of pyridine rings is 1. The number of anilines is 2. The number of hydrogen-bond acceptors (Lipinski definition) is 5. The van der Waals surface area contributed by atoms with Crippen molar-refractivity contribution in [1.82, 2.24) is 4.98 Å². The van der Waals surface area contributed by atoms with Crippen LogP contribution in [-0.4, -0.2) is 22.5 Å². The van der Waals surface area contributed by atoms with Crippen molar-refractivity contribution >= 4 is 46.6 Å². The lowest BCUT2D eigenvalue weighted by atomic mass is 9.95. The summed E-state index contributed by atoms with van der Waals surface area (Å²) in [6.07, 6.45) is 7.04. The highest BCUT2D eigenvalue weighted by Crippen LogP contribution is 2.33. The molecule has 0 saturated heterocycles. The SMILES string of the molecule is CSC1CCCCC1Nc1nc(NN)c(Cl)cc1Cl. The summed E-state index contributed by atoms with van der Waals surface area (Å²) in [5.41, 5.74) is 2.48. The fourth-order valence-corrected chi connectivity index (χ4v) is 3.79. The predicted octanol–water partition coefficient (Wildman–Crippen LogP) is 3.76. The number of halogens is 2. The van der Waals surface area contributed by atoms with Crippen LogP contribution in [0.15, 0.2) is 6.07 Å². The summed E-state index contributed by atoms with van der Waals surface area (Å²) in [5.74, 6) is 6.46. The molecule has 0 amide bonds. The molecule has 0 spiro atoms. The molecule has 7 heteroatoms. The van der Waals surface area contributed by atoms with Crippen molar-refractivity contribution in [2.24, 2.45) is 5.84 Å². The summed E-state index contributed by atoms with van der Waals surface area (Å²) >= 11 is 14.1. The second-order valence-electron chi connectivity index (χ2n) is 4.60. The Hall–Kier alpha value is -0.360. The molecule has 1 heterocycles. The van der Waals surface area contributed by atoms with Crippen molar-refractivity contribution in [2.45, 2.75) is 37.0 Å². The lowest BCUT2D eigenvalue weighted by Crippen LogP contribution is -2.34. The molecule has 4 N–H and O–H groups in total. The molecule has 2 rings (SSSR count). The molecule has 1 fully saturated rings. The number of aromatic nitrogens is 1. The normalized spacial score (nSPS) is 23.2. The lowest BCUT2D eigenvalue weighted by Gasteiger charge is -2.31. The minimum absolute atomic E-state index is 0.389. The average molecular weight is 321 g/mol. The van der Waals surface area contributed by atoms with Crippen LogP contribution in [0.4, 0.5) is 11.6 Å². The minimum atomic E-state index is 0.389. The van der Waals surface area contributed by atoms with Gasteiger partial charge in [-0.15, -0.1) is 0 Å². The van der Waals surface area contributed by atoms with E-state index in [1.165, 1.54) is 19.3 Å². The van der Waals surface area contributed by atoms with E-state index >= 15 is 0 Å². The van der Waals surface area contributed by atoms with Crippen LogP contribution in [0.5, 0.6) is 0 Å². The Morgan fingerprint density at radius 3 is 2.63 bits per heavy atom. The van der Waals surface area contributed by atoms with E-state index in [4.69, 9.17) is 29.0 Å². The van der Waals surface area contributed by atoms with E-state index in [1.54, 1.807) is 6.07 Å². The number of nitrogens with two attached hydrogens (primary N) is 1. The molecule has 4 nitrogen and oxygen atoms in total. The number of hydrogen-bond donors (Lipinski definition) is 3. The van der Waals surface area contributed by atoms with Gasteiger partial charge in [-0.1, -0.05) is 36.0 Å². The number of nitrogen functional groups attached to an aromatic ring is 1. The van der Waals surface area contributed by atoms with Crippen LogP contribution < -0.4 is 16.6 Å². The summed E-state index contributed by atoms with van der Waals surface area (Å²) in [6, 6.07) is 2.05. The zero-order valence-corrected chi connectivity index (χ0v) is 13.1. The smallest absolute Gasteiger partial charge is 0.161 e. The van der Waals surface area contributed by atoms with Gasteiger partial charge in [-0.05, 0) is 25.2 Å². The van der Waals surface area contributed by atoms with E-state index in [9.17, 15) is 0 Å². The Morgan fingerprint density at radius 1 is 1.26 bits per heavy atom. The second-order valence-corrected chi connectivity index (χ2v) is 6.49. The molecule has 1 saturated carbocycles. The molecule has 1 aliphatic rings. The third-order valence-electron chi connectivity index (χ3n) is 3.39. The van der Waals surface area contributed by atoms with Crippen molar-refractivity contribution in [3.05, 3.63) is 16.1 Å². The van der Waals surface area contributed by atoms with Crippen molar-refractivity contribution < 1.29 is 0 Å². The van der Waals surface area contributed by atoms with Gasteiger partial charge in [0.25, 0.3) is 0 Å². The number of rotatable bonds is 4. The second kappa shape index (κ2) is 6.88. The van der Waals surface area contributed by atoms with Crippen LogP contribution in [0.1, 0.15) is 25.7 Å². The van der Waals surface area contributed by atoms with Crippen molar-refractivity contribution in [3.63, 3.8) is 0 Å². The van der Waals surface area contributed by atoms with Crippen LogP contribution in [0.3, 0.4) is 0 Å². The molecule has 1 aromatic rings. The topological polar surface area (TPSA) is 63.0 Å². The number of thioether (sulfide) groups is 1. The van der Waals surface area contributed by atoms with E-state index in [1.807, 2.05) is 11.8 Å². The van der Waals surface area contributed by atoms with Crippen LogP contribution in [0, 0.1) is 0 Å². The van der Waals surface area contributed by atoms with Gasteiger partial charge in [0.15, 0.2) is 5.82 Å². The average Bonchev–Trinajstić information content (AvgIpc) is 2.42. The first kappa shape index (κ1) is 15.0. The zero-order valence-electron chi connectivity index (χ0n) is 10.7. The quantitative estimate of drug-likeness (QED) is 0.582. The molecule has 1 aliphatic carbocycles. The molecule has 2 atom stereocenters. The first-order valence-electron chi connectivity index (χ1n) is 6.27. The van der Waals surface area contributed by atoms with Crippen LogP contribution >= 0.6 is 35.0 Å². The Balaban J connectivity index is 2.17. The maximum absolute atomic E-state index is 6.18. The van der Waals surface area contributed by atoms with Gasteiger partial charge >= 0.3 is 0 Å². The number of nitrogens with zero attached hydrogens (tertiary/aromatic N) is 1. The summed E-state index contributed by atoms with van der Waals surface area (Å²) in [4.78, 5) is 4.33. The molecule has 106 valence electrons. The third-order valence-corrected chi connectivity index (χ3v) is 5.14. The maximum Gasteiger partial charge on any atom is 0.161 e. The van der Waals surface area contributed by atoms with Crippen LogP contribution in [0.25, 0.3) is 0 Å². The number of hydrazine groups is 1. The van der Waals surface area contributed by atoms with Gasteiger partial charge in [0.2, 0.25) is 0 Å². The largest absolute Gasteiger partial charge is 0.365 e. The van der Waals surface area contributed by atoms with Crippen molar-refractivity contribution in [1.29, 1.82) is 0 Å². The van der Waals surface area contributed by atoms with Gasteiger partial charge in [-0.3, -0.25) is 0 Å². The highest BCUT2D eigenvalue weighted by atomic mass is 35.5. The van der Waals surface area contributed by atoms with Gasteiger partial charge in [-0.2, -0.15) is 11.8 Å². The molecule has 19 heavy (non-hydrogen) atoms. The fourth-order valence-electron chi connectivity index (χ4n) is 2.39. The van der Waals surface area contributed by atoms with Gasteiger partial charge in [0.05, 0.1) is 10.0 Å². The van der Waals surface area contributed by atoms with E-state index < -0.39 is 0 Å². The van der Waals surface area contributed by atoms with E-state index in [-0.39, 0.29) is 0 Å². The van der Waals surface area contributed by atoms with E-state index in [2.05, 4.69) is 22.0 Å². The zero-order chi connectivity index (χ0) is 13.8. The van der Waals surface area contributed by atoms with Gasteiger partial charge < -0.3 is 10.7 Å². The summed E-state index contributed by atoms with van der Waals surface area (Å²) in [7, 11) is 0. The maximum atomic E-state index is 6.18. The minimum Gasteiger partial charge on any atom is -0.365 e. The fraction of sp³-hybridized carbons (Fsp3) is 0.583. The monoisotopic (exact) mass is 320 g/mol. The third kappa shape index (κ3) is 3.60. The van der Waals surface area contributed by atoms with Crippen LogP contribution in [-0.2, 0) is 0 Å². The highest BCUT2D eigenvalue weighted by molar-refractivity contribution is 7.99. The molecule has 0 aromatic carbocycles.